The second-order valence-electron chi connectivity index (χ2n) is 9.08. The molecule has 4 aromatic carbocycles. The molecule has 0 N–H and O–H groups in total. The first kappa shape index (κ1) is 25.3. The van der Waals surface area contributed by atoms with Gasteiger partial charge in [-0.3, -0.25) is 0 Å². The van der Waals surface area contributed by atoms with Gasteiger partial charge in [0.1, 0.15) is 29.7 Å². The summed E-state index contributed by atoms with van der Waals surface area (Å²) in [6, 6.07) is 34.2. The number of ether oxygens (including phenoxy) is 1. The normalized spacial score (nSPS) is 11.0. The summed E-state index contributed by atoms with van der Waals surface area (Å²) in [5.41, 5.74) is 7.18. The molecule has 0 saturated carbocycles. The van der Waals surface area contributed by atoms with E-state index in [0.717, 1.165) is 49.2 Å². The highest BCUT2D eigenvalue weighted by Crippen LogP contribution is 2.42. The van der Waals surface area contributed by atoms with E-state index < -0.39 is 0 Å². The Morgan fingerprint density at radius 3 is 2.18 bits per heavy atom. The minimum atomic E-state index is 0.278. The molecule has 0 aliphatic carbocycles. The van der Waals surface area contributed by atoms with Crippen LogP contribution in [-0.2, 0) is 6.61 Å². The van der Waals surface area contributed by atoms with E-state index in [1.807, 2.05) is 111 Å². The molecule has 0 aliphatic rings. The number of hydrogen-bond donors (Lipinski definition) is 0. The molecule has 0 radical (unpaired) electrons. The van der Waals surface area contributed by atoms with Crippen LogP contribution in [0.3, 0.4) is 0 Å². The molecule has 0 saturated heterocycles. The Labute approximate surface area is 231 Å². The van der Waals surface area contributed by atoms with Crippen LogP contribution in [0, 0.1) is 25.2 Å². The van der Waals surface area contributed by atoms with Crippen LogP contribution >= 0.6 is 15.9 Å². The molecule has 0 spiro atoms. The summed E-state index contributed by atoms with van der Waals surface area (Å²) in [6.45, 7) is 4.54. The number of nitriles is 1. The van der Waals surface area contributed by atoms with E-state index in [0.29, 0.717) is 17.9 Å². The van der Waals surface area contributed by atoms with E-state index >= 15 is 0 Å². The number of furan rings is 1. The molecule has 0 amide bonds. The van der Waals surface area contributed by atoms with E-state index in [1.54, 1.807) is 6.21 Å². The van der Waals surface area contributed by atoms with Crippen molar-refractivity contribution < 1.29 is 9.15 Å². The molecule has 5 rings (SSSR count). The first-order valence-electron chi connectivity index (χ1n) is 12.2. The highest BCUT2D eigenvalue weighted by molar-refractivity contribution is 9.10. The summed E-state index contributed by atoms with van der Waals surface area (Å²) in [5.74, 6) is 1.64. The third kappa shape index (κ3) is 5.77. The molecule has 0 bridgehead atoms. The fraction of sp³-hybridized carbons (Fsp3) is 0.0909. The van der Waals surface area contributed by atoms with Gasteiger partial charge in [-0.1, -0.05) is 99.9 Å². The summed E-state index contributed by atoms with van der Waals surface area (Å²) < 4.78 is 13.3. The van der Waals surface area contributed by atoms with Gasteiger partial charge in [-0.05, 0) is 54.8 Å². The van der Waals surface area contributed by atoms with Crippen molar-refractivity contribution in [3.8, 4) is 34.3 Å². The lowest BCUT2D eigenvalue weighted by Gasteiger charge is -2.07. The lowest BCUT2D eigenvalue weighted by atomic mass is 9.97. The van der Waals surface area contributed by atoms with E-state index in [1.165, 1.54) is 0 Å². The fourth-order valence-corrected chi connectivity index (χ4v) is 4.35. The van der Waals surface area contributed by atoms with Gasteiger partial charge in [-0.15, -0.1) is 0 Å². The van der Waals surface area contributed by atoms with Gasteiger partial charge in [-0.25, -0.2) is 4.99 Å². The monoisotopic (exact) mass is 560 g/mol. The van der Waals surface area contributed by atoms with Crippen molar-refractivity contribution >= 4 is 28.0 Å². The third-order valence-corrected chi connectivity index (χ3v) is 6.69. The van der Waals surface area contributed by atoms with Gasteiger partial charge in [0.25, 0.3) is 0 Å². The summed E-state index contributed by atoms with van der Waals surface area (Å²) in [7, 11) is 0. The molecule has 38 heavy (non-hydrogen) atoms. The second-order valence-corrected chi connectivity index (χ2v) is 9.99. The second kappa shape index (κ2) is 11.3. The van der Waals surface area contributed by atoms with Gasteiger partial charge in [0.05, 0.1) is 0 Å². The lowest BCUT2D eigenvalue weighted by molar-refractivity contribution is 0.306. The maximum atomic E-state index is 10.1. The van der Waals surface area contributed by atoms with Crippen LogP contribution < -0.4 is 4.74 Å². The first-order chi connectivity index (χ1) is 18.5. The number of halogens is 1. The van der Waals surface area contributed by atoms with Crippen LogP contribution in [0.15, 0.2) is 111 Å². The van der Waals surface area contributed by atoms with Crippen LogP contribution in [0.2, 0.25) is 0 Å². The summed E-state index contributed by atoms with van der Waals surface area (Å²) in [6.07, 6.45) is 1.70. The maximum absolute atomic E-state index is 10.1. The smallest absolute Gasteiger partial charge is 0.238 e. The minimum absolute atomic E-state index is 0.278. The highest BCUT2D eigenvalue weighted by atomic mass is 79.9. The zero-order chi connectivity index (χ0) is 26.5. The summed E-state index contributed by atoms with van der Waals surface area (Å²) in [4.78, 5) is 4.61. The Bertz CT molecular complexity index is 1630. The van der Waals surface area contributed by atoms with Crippen LogP contribution in [0.1, 0.15) is 27.8 Å². The molecule has 0 atom stereocenters. The number of hydrogen-bond acceptors (Lipinski definition) is 4. The van der Waals surface area contributed by atoms with Crippen molar-refractivity contribution in [1.29, 1.82) is 5.26 Å². The van der Waals surface area contributed by atoms with Gasteiger partial charge >= 0.3 is 0 Å². The largest absolute Gasteiger partial charge is 0.489 e. The van der Waals surface area contributed by atoms with Crippen molar-refractivity contribution in [2.75, 3.05) is 0 Å². The van der Waals surface area contributed by atoms with Crippen molar-refractivity contribution in [2.45, 2.75) is 20.5 Å². The van der Waals surface area contributed by atoms with Crippen molar-refractivity contribution in [1.82, 2.24) is 0 Å². The summed E-state index contributed by atoms with van der Waals surface area (Å²) >= 11 is 3.45. The van der Waals surface area contributed by atoms with Crippen LogP contribution in [0.4, 0.5) is 5.88 Å². The van der Waals surface area contributed by atoms with Crippen molar-refractivity contribution in [2.24, 2.45) is 4.99 Å². The van der Waals surface area contributed by atoms with Gasteiger partial charge in [0.2, 0.25) is 5.88 Å². The molecular weight excluding hydrogens is 536 g/mol. The van der Waals surface area contributed by atoms with Gasteiger partial charge in [0.15, 0.2) is 0 Å². The van der Waals surface area contributed by atoms with Crippen LogP contribution in [-0.4, -0.2) is 6.21 Å². The Morgan fingerprint density at radius 1 is 0.868 bits per heavy atom. The Balaban J connectivity index is 1.47. The molecule has 0 unspecified atom stereocenters. The van der Waals surface area contributed by atoms with E-state index in [-0.39, 0.29) is 5.88 Å². The fourth-order valence-electron chi connectivity index (χ4n) is 4.08. The molecular formula is C33H25BrN2O2. The maximum Gasteiger partial charge on any atom is 0.238 e. The molecule has 5 aromatic rings. The highest BCUT2D eigenvalue weighted by Gasteiger charge is 2.22. The number of rotatable bonds is 7. The number of aliphatic imine (C=N–C) groups is 1. The average molecular weight is 561 g/mol. The molecule has 4 nitrogen and oxygen atoms in total. The van der Waals surface area contributed by atoms with E-state index in [2.05, 4.69) is 27.0 Å². The van der Waals surface area contributed by atoms with Gasteiger partial charge in [0, 0.05) is 21.8 Å². The van der Waals surface area contributed by atoms with Crippen LogP contribution in [0.25, 0.3) is 22.5 Å². The topological polar surface area (TPSA) is 58.5 Å². The van der Waals surface area contributed by atoms with Gasteiger partial charge in [-0.2, -0.15) is 5.26 Å². The zero-order valence-electron chi connectivity index (χ0n) is 21.1. The Kier molecular flexibility index (Phi) is 7.53. The quantitative estimate of drug-likeness (QED) is 0.186. The van der Waals surface area contributed by atoms with Crippen LogP contribution in [0.5, 0.6) is 5.75 Å². The first-order valence-corrected chi connectivity index (χ1v) is 13.0. The zero-order valence-corrected chi connectivity index (χ0v) is 22.7. The predicted molar refractivity (Wildman–Crippen MR) is 156 cm³/mol. The molecule has 0 fully saturated rings. The Hall–Kier alpha value is -4.40. The van der Waals surface area contributed by atoms with Crippen molar-refractivity contribution in [3.63, 3.8) is 0 Å². The van der Waals surface area contributed by atoms with Gasteiger partial charge < -0.3 is 9.15 Å². The summed E-state index contributed by atoms with van der Waals surface area (Å²) in [5, 5.41) is 10.1. The average Bonchev–Trinajstić information content (AvgIpc) is 3.31. The minimum Gasteiger partial charge on any atom is -0.489 e. The number of benzene rings is 4. The third-order valence-electron chi connectivity index (χ3n) is 6.16. The van der Waals surface area contributed by atoms with Crippen molar-refractivity contribution in [3.05, 3.63) is 129 Å². The molecule has 1 aromatic heterocycles. The SMILES string of the molecule is Cc1ccc(-c2oc(N=Cc3cccc(OCc4ccc(Br)cc4)c3)c(C#N)c2-c2ccc(C)cc2)cc1. The van der Waals surface area contributed by atoms with E-state index in [4.69, 9.17) is 9.15 Å². The molecule has 1 heterocycles. The molecule has 0 aliphatic heterocycles. The standard InChI is InChI=1S/C33H25BrN2O2/c1-22-6-12-26(13-7-22)31-30(19-35)33(38-32(31)27-14-8-23(2)9-15-27)36-20-25-4-3-5-29(18-25)37-21-24-10-16-28(34)17-11-24/h3-18,20H,21H2,1-2H3. The molecule has 5 heteroatoms. The van der Waals surface area contributed by atoms with E-state index in [9.17, 15) is 5.26 Å². The molecule has 186 valence electrons. The number of nitrogens with zero attached hydrogens (tertiary/aromatic N) is 2. The predicted octanol–water partition coefficient (Wildman–Crippen LogP) is 9.19. The number of aryl methyl sites for hydroxylation is 2. The lowest BCUT2D eigenvalue weighted by Crippen LogP contribution is -1.95. The Morgan fingerprint density at radius 2 is 1.53 bits per heavy atom.